The molecule has 2 heterocycles. The second-order valence-electron chi connectivity index (χ2n) is 12.0. The molecule has 0 unspecified atom stereocenters. The molecule has 202 valence electrons. The zero-order valence-corrected chi connectivity index (χ0v) is 22.7. The first kappa shape index (κ1) is 25.6. The van der Waals surface area contributed by atoms with Crippen LogP contribution in [0.2, 0.25) is 0 Å². The smallest absolute Gasteiger partial charge is 0.267 e. The predicted molar refractivity (Wildman–Crippen MR) is 150 cm³/mol. The Morgan fingerprint density at radius 2 is 1.38 bits per heavy atom. The molecule has 3 fully saturated rings. The van der Waals surface area contributed by atoms with Crippen molar-refractivity contribution in [1.29, 1.82) is 0 Å². The highest BCUT2D eigenvalue weighted by atomic mass is 16.2. The highest BCUT2D eigenvalue weighted by molar-refractivity contribution is 6.00. The third-order valence-corrected chi connectivity index (χ3v) is 10.2. The molecule has 4 aliphatic carbocycles. The lowest BCUT2D eigenvalue weighted by molar-refractivity contribution is -0.0155. The van der Waals surface area contributed by atoms with Crippen molar-refractivity contribution in [2.75, 3.05) is 0 Å². The Kier molecular flexibility index (Phi) is 6.65. The summed E-state index contributed by atoms with van der Waals surface area (Å²) in [7, 11) is 0. The van der Waals surface area contributed by atoms with E-state index in [-0.39, 0.29) is 22.6 Å². The molecule has 2 N–H and O–H groups in total. The van der Waals surface area contributed by atoms with Gasteiger partial charge in [-0.3, -0.25) is 19.6 Å². The van der Waals surface area contributed by atoms with Crippen LogP contribution in [0, 0.1) is 28.6 Å². The first-order valence-corrected chi connectivity index (χ1v) is 14.1. The topological polar surface area (TPSA) is 109 Å². The van der Waals surface area contributed by atoms with Gasteiger partial charge in [-0.25, -0.2) is 10.9 Å². The number of hydrazone groups is 2. The van der Waals surface area contributed by atoms with E-state index in [9.17, 15) is 9.59 Å². The number of aromatic nitrogens is 2. The van der Waals surface area contributed by atoms with Gasteiger partial charge >= 0.3 is 0 Å². The molecule has 6 rings (SSSR count). The van der Waals surface area contributed by atoms with Crippen molar-refractivity contribution in [3.8, 4) is 0 Å². The molecule has 0 aliphatic heterocycles. The SMILES string of the molecule is C[C@]12CCC(=NNC(=O)c3ccncc3)C=C1CC[C@H]1[C@H]2CC[C@@]2(C)C(=NNC(=O)c3ccncc3)CC[C@H]12. The number of rotatable bonds is 4. The van der Waals surface area contributed by atoms with Gasteiger partial charge in [-0.2, -0.15) is 10.2 Å². The molecule has 8 nitrogen and oxygen atoms in total. The molecule has 0 radical (unpaired) electrons. The van der Waals surface area contributed by atoms with E-state index in [2.05, 4.69) is 45.8 Å². The molecule has 5 atom stereocenters. The fourth-order valence-electron chi connectivity index (χ4n) is 8.01. The summed E-state index contributed by atoms with van der Waals surface area (Å²) < 4.78 is 0. The maximum Gasteiger partial charge on any atom is 0.271 e. The average Bonchev–Trinajstić information content (AvgIpc) is 3.31. The van der Waals surface area contributed by atoms with Crippen molar-refractivity contribution in [3.63, 3.8) is 0 Å². The summed E-state index contributed by atoms with van der Waals surface area (Å²) in [6, 6.07) is 6.81. The van der Waals surface area contributed by atoms with Gasteiger partial charge in [-0.15, -0.1) is 0 Å². The molecule has 2 amide bonds. The minimum absolute atomic E-state index is 0.0444. The van der Waals surface area contributed by atoms with Gasteiger partial charge in [0.15, 0.2) is 0 Å². The minimum Gasteiger partial charge on any atom is -0.267 e. The zero-order chi connectivity index (χ0) is 27.0. The fraction of sp³-hybridized carbons (Fsp3) is 0.484. The van der Waals surface area contributed by atoms with Crippen molar-refractivity contribution >= 4 is 23.2 Å². The monoisotopic (exact) mass is 524 g/mol. The van der Waals surface area contributed by atoms with Crippen LogP contribution in [0.25, 0.3) is 0 Å². The van der Waals surface area contributed by atoms with E-state index in [1.807, 2.05) is 0 Å². The second kappa shape index (κ2) is 10.1. The van der Waals surface area contributed by atoms with Crippen LogP contribution in [-0.2, 0) is 0 Å². The molecule has 4 aliphatic rings. The van der Waals surface area contributed by atoms with Gasteiger partial charge in [0, 0.05) is 47.0 Å². The van der Waals surface area contributed by atoms with Gasteiger partial charge in [-0.1, -0.05) is 19.4 Å². The van der Waals surface area contributed by atoms with Crippen LogP contribution in [0.3, 0.4) is 0 Å². The van der Waals surface area contributed by atoms with Crippen LogP contribution >= 0.6 is 0 Å². The Morgan fingerprint density at radius 1 is 0.769 bits per heavy atom. The van der Waals surface area contributed by atoms with Gasteiger partial charge < -0.3 is 0 Å². The lowest BCUT2D eigenvalue weighted by Gasteiger charge is -2.57. The lowest BCUT2D eigenvalue weighted by atomic mass is 9.47. The van der Waals surface area contributed by atoms with Crippen LogP contribution in [0.1, 0.15) is 85.9 Å². The minimum atomic E-state index is -0.206. The summed E-state index contributed by atoms with van der Waals surface area (Å²) in [4.78, 5) is 33.0. The molecule has 0 spiro atoms. The number of pyridine rings is 2. The van der Waals surface area contributed by atoms with Crippen LogP contribution in [0.4, 0.5) is 0 Å². The zero-order valence-electron chi connectivity index (χ0n) is 22.7. The summed E-state index contributed by atoms with van der Waals surface area (Å²) in [5.74, 6) is 1.53. The van der Waals surface area contributed by atoms with E-state index in [4.69, 9.17) is 5.10 Å². The molecule has 0 saturated heterocycles. The molecular formula is C31H36N6O2. The van der Waals surface area contributed by atoms with Crippen molar-refractivity contribution in [2.45, 2.75) is 65.2 Å². The first-order valence-electron chi connectivity index (χ1n) is 14.1. The average molecular weight is 525 g/mol. The highest BCUT2D eigenvalue weighted by Gasteiger charge is 2.58. The van der Waals surface area contributed by atoms with Gasteiger partial charge in [0.25, 0.3) is 11.8 Å². The van der Waals surface area contributed by atoms with Crippen molar-refractivity contribution in [3.05, 3.63) is 71.8 Å². The van der Waals surface area contributed by atoms with Crippen molar-refractivity contribution in [1.82, 2.24) is 20.8 Å². The molecule has 8 heteroatoms. The summed E-state index contributed by atoms with van der Waals surface area (Å²) in [5.41, 5.74) is 10.5. The van der Waals surface area contributed by atoms with Crippen LogP contribution in [0.5, 0.6) is 0 Å². The Balaban J connectivity index is 1.15. The fourth-order valence-corrected chi connectivity index (χ4v) is 8.01. The van der Waals surface area contributed by atoms with Crippen molar-refractivity contribution < 1.29 is 9.59 Å². The van der Waals surface area contributed by atoms with E-state index in [0.717, 1.165) is 49.9 Å². The number of fused-ring (bicyclic) bond motifs is 5. The Morgan fingerprint density at radius 3 is 2.05 bits per heavy atom. The number of carbonyl (C=O) groups excluding carboxylic acids is 2. The van der Waals surface area contributed by atoms with Crippen LogP contribution in [0.15, 0.2) is 70.9 Å². The van der Waals surface area contributed by atoms with E-state index >= 15 is 0 Å². The summed E-state index contributed by atoms with van der Waals surface area (Å²) in [6.07, 6.45) is 17.3. The quantitative estimate of drug-likeness (QED) is 0.528. The number of nitrogens with zero attached hydrogens (tertiary/aromatic N) is 4. The Labute approximate surface area is 229 Å². The number of allylic oxidation sites excluding steroid dienone is 2. The molecule has 0 bridgehead atoms. The van der Waals surface area contributed by atoms with Gasteiger partial charge in [0.1, 0.15) is 0 Å². The van der Waals surface area contributed by atoms with Crippen LogP contribution in [-0.4, -0.2) is 33.2 Å². The van der Waals surface area contributed by atoms with E-state index in [1.165, 1.54) is 18.4 Å². The number of hydrogen-bond donors (Lipinski definition) is 2. The Bertz CT molecular complexity index is 1350. The standard InChI is InChI=1S/C31H36N6O2/c1-30-13-7-23(34-36-28(38)20-9-15-32-16-10-20)19-22(30)3-4-24-25-5-6-27(31(25,2)14-8-26(24)30)35-37-29(39)21-11-17-33-18-12-21/h9-12,15-19,24-26H,3-8,13-14H2,1-2H3,(H,36,38)(H,37,39)/t24-,25-,26-,30+,31-/m1/s1. The van der Waals surface area contributed by atoms with Crippen molar-refractivity contribution in [2.24, 2.45) is 38.8 Å². The molecule has 3 saturated carbocycles. The largest absolute Gasteiger partial charge is 0.271 e. The van der Waals surface area contributed by atoms with Gasteiger partial charge in [0.05, 0.1) is 5.71 Å². The molecular weight excluding hydrogens is 488 g/mol. The maximum atomic E-state index is 12.6. The Hall–Kier alpha value is -3.68. The maximum absolute atomic E-state index is 12.6. The summed E-state index contributed by atoms with van der Waals surface area (Å²) in [6.45, 7) is 4.84. The number of nitrogens with one attached hydrogen (secondary N) is 2. The van der Waals surface area contributed by atoms with E-state index in [0.29, 0.717) is 28.9 Å². The molecule has 0 aromatic carbocycles. The third kappa shape index (κ3) is 4.60. The number of carbonyl (C=O) groups is 2. The second-order valence-corrected chi connectivity index (χ2v) is 12.0. The summed E-state index contributed by atoms with van der Waals surface area (Å²) in [5, 5.41) is 9.17. The molecule has 2 aromatic heterocycles. The summed E-state index contributed by atoms with van der Waals surface area (Å²) >= 11 is 0. The van der Waals surface area contributed by atoms with Gasteiger partial charge in [-0.05, 0) is 105 Å². The highest BCUT2D eigenvalue weighted by Crippen LogP contribution is 2.64. The third-order valence-electron chi connectivity index (χ3n) is 10.2. The normalized spacial score (nSPS) is 33.5. The lowest BCUT2D eigenvalue weighted by Crippen LogP contribution is -2.50. The predicted octanol–water partition coefficient (Wildman–Crippen LogP) is 5.31. The van der Waals surface area contributed by atoms with E-state index < -0.39 is 0 Å². The molecule has 2 aromatic rings. The number of amides is 2. The van der Waals surface area contributed by atoms with Crippen LogP contribution < -0.4 is 10.9 Å². The first-order chi connectivity index (χ1) is 18.9. The number of hydrogen-bond acceptors (Lipinski definition) is 6. The molecule has 39 heavy (non-hydrogen) atoms. The van der Waals surface area contributed by atoms with E-state index in [1.54, 1.807) is 49.1 Å². The van der Waals surface area contributed by atoms with Gasteiger partial charge in [0.2, 0.25) is 0 Å².